The van der Waals surface area contributed by atoms with Gasteiger partial charge in [-0.15, -0.1) is 0 Å². The lowest BCUT2D eigenvalue weighted by Crippen LogP contribution is -2.20. The molecule has 0 radical (unpaired) electrons. The van der Waals surface area contributed by atoms with Crippen LogP contribution in [0.15, 0.2) is 36.4 Å². The second kappa shape index (κ2) is 5.08. The minimum Gasteiger partial charge on any atom is -0.389 e. The molecule has 2 nitrogen and oxygen atoms in total. The third-order valence-corrected chi connectivity index (χ3v) is 3.42. The van der Waals surface area contributed by atoms with Crippen molar-refractivity contribution < 1.29 is 10.2 Å². The average molecular weight is 248 g/mol. The molecule has 90 valence electrons. The molecule has 0 saturated heterocycles. The van der Waals surface area contributed by atoms with Gasteiger partial charge in [-0.25, -0.2) is 0 Å². The molecule has 3 heteroatoms. The Morgan fingerprint density at radius 2 is 1.71 bits per heavy atom. The molecule has 0 heterocycles. The summed E-state index contributed by atoms with van der Waals surface area (Å²) in [4.78, 5) is 0. The van der Waals surface area contributed by atoms with Gasteiger partial charge in [-0.3, -0.25) is 0 Å². The average Bonchev–Trinajstić information content (AvgIpc) is 2.38. The van der Waals surface area contributed by atoms with Gasteiger partial charge in [0.2, 0.25) is 0 Å². The van der Waals surface area contributed by atoms with E-state index in [9.17, 15) is 10.2 Å². The lowest BCUT2D eigenvalue weighted by Gasteiger charge is -2.18. The summed E-state index contributed by atoms with van der Waals surface area (Å²) >= 11 is 4.01. The number of hydrogen-bond acceptors (Lipinski definition) is 3. The Balaban J connectivity index is 2.59. The number of aliphatic hydroxyl groups excluding tert-OH is 2. The molecule has 0 amide bonds. The van der Waals surface area contributed by atoms with E-state index in [0.29, 0.717) is 0 Å². The monoisotopic (exact) mass is 248 g/mol. The van der Waals surface area contributed by atoms with E-state index < -0.39 is 12.2 Å². The first-order valence-electron chi connectivity index (χ1n) is 5.60. The molecule has 0 saturated carbocycles. The van der Waals surface area contributed by atoms with Crippen molar-refractivity contribution in [2.45, 2.75) is 19.1 Å². The molecule has 0 aromatic heterocycles. The zero-order chi connectivity index (χ0) is 12.4. The molecular formula is C14H16O2S. The first kappa shape index (κ1) is 12.4. The first-order valence-corrected chi connectivity index (χ1v) is 6.23. The zero-order valence-electron chi connectivity index (χ0n) is 9.67. The molecule has 0 spiro atoms. The van der Waals surface area contributed by atoms with Crippen molar-refractivity contribution in [1.29, 1.82) is 0 Å². The molecule has 0 fully saturated rings. The molecule has 2 rings (SSSR count). The molecule has 0 bridgehead atoms. The van der Waals surface area contributed by atoms with Crippen LogP contribution in [0, 0.1) is 6.92 Å². The summed E-state index contributed by atoms with van der Waals surface area (Å²) in [5.74, 6) is 0.239. The van der Waals surface area contributed by atoms with Gasteiger partial charge in [0.05, 0.1) is 6.10 Å². The number of fused-ring (bicyclic) bond motifs is 1. The minimum atomic E-state index is -0.891. The Morgan fingerprint density at radius 1 is 1.06 bits per heavy atom. The van der Waals surface area contributed by atoms with Crippen LogP contribution in [0.4, 0.5) is 0 Å². The molecule has 2 unspecified atom stereocenters. The fourth-order valence-electron chi connectivity index (χ4n) is 2.04. The maximum Gasteiger partial charge on any atom is 0.106 e. The summed E-state index contributed by atoms with van der Waals surface area (Å²) in [6.45, 7) is 2.04. The topological polar surface area (TPSA) is 40.5 Å². The number of rotatable bonds is 3. The van der Waals surface area contributed by atoms with Crippen LogP contribution >= 0.6 is 12.6 Å². The van der Waals surface area contributed by atoms with E-state index in [-0.39, 0.29) is 5.75 Å². The molecule has 0 aliphatic heterocycles. The molecular weight excluding hydrogens is 232 g/mol. The highest BCUT2D eigenvalue weighted by atomic mass is 32.1. The van der Waals surface area contributed by atoms with E-state index in [1.54, 1.807) is 0 Å². The Morgan fingerprint density at radius 3 is 2.35 bits per heavy atom. The van der Waals surface area contributed by atoms with Crippen LogP contribution in [0.3, 0.4) is 0 Å². The highest BCUT2D eigenvalue weighted by Crippen LogP contribution is 2.28. The molecule has 2 N–H and O–H groups in total. The second-order valence-electron chi connectivity index (χ2n) is 4.21. The van der Waals surface area contributed by atoms with Crippen LogP contribution in [0.5, 0.6) is 0 Å². The third-order valence-electron chi connectivity index (χ3n) is 3.05. The molecule has 0 aliphatic rings. The summed E-state index contributed by atoms with van der Waals surface area (Å²) in [5, 5.41) is 21.9. The smallest absolute Gasteiger partial charge is 0.106 e. The van der Waals surface area contributed by atoms with Gasteiger partial charge in [-0.05, 0) is 28.8 Å². The van der Waals surface area contributed by atoms with Gasteiger partial charge < -0.3 is 10.2 Å². The normalized spacial score (nSPS) is 14.8. The summed E-state index contributed by atoms with van der Waals surface area (Å²) in [6.07, 6.45) is -1.73. The number of aryl methyl sites for hydroxylation is 1. The number of benzene rings is 2. The van der Waals surface area contributed by atoms with Crippen LogP contribution in [0.1, 0.15) is 17.2 Å². The number of hydrogen-bond donors (Lipinski definition) is 3. The minimum absolute atomic E-state index is 0.239. The molecule has 0 aliphatic carbocycles. The highest BCUT2D eigenvalue weighted by molar-refractivity contribution is 7.80. The molecule has 2 aromatic rings. The van der Waals surface area contributed by atoms with Gasteiger partial charge in [0.25, 0.3) is 0 Å². The van der Waals surface area contributed by atoms with Gasteiger partial charge in [-0.2, -0.15) is 12.6 Å². The SMILES string of the molecule is Cc1ccc(C(O)C(O)CS)c2ccccc12. The summed E-state index contributed by atoms with van der Waals surface area (Å²) in [5.41, 5.74) is 1.92. The van der Waals surface area contributed by atoms with Crippen LogP contribution in [0.2, 0.25) is 0 Å². The van der Waals surface area contributed by atoms with E-state index in [1.807, 2.05) is 43.3 Å². The maximum absolute atomic E-state index is 10.1. The second-order valence-corrected chi connectivity index (χ2v) is 4.58. The molecule has 2 aromatic carbocycles. The van der Waals surface area contributed by atoms with Crippen molar-refractivity contribution in [2.75, 3.05) is 5.75 Å². The summed E-state index contributed by atoms with van der Waals surface area (Å²) in [6, 6.07) is 11.7. The van der Waals surface area contributed by atoms with Crippen molar-refractivity contribution in [3.8, 4) is 0 Å². The van der Waals surface area contributed by atoms with Crippen molar-refractivity contribution in [3.05, 3.63) is 47.5 Å². The van der Waals surface area contributed by atoms with E-state index in [0.717, 1.165) is 21.9 Å². The third kappa shape index (κ3) is 2.32. The number of thiol groups is 1. The maximum atomic E-state index is 10.1. The predicted molar refractivity (Wildman–Crippen MR) is 73.5 cm³/mol. The Hall–Kier alpha value is -1.03. The van der Waals surface area contributed by atoms with Crippen molar-refractivity contribution >= 4 is 23.4 Å². The van der Waals surface area contributed by atoms with Gasteiger partial charge >= 0.3 is 0 Å². The van der Waals surface area contributed by atoms with Gasteiger partial charge in [0.1, 0.15) is 6.10 Å². The lowest BCUT2D eigenvalue weighted by molar-refractivity contribution is 0.0347. The fourth-order valence-corrected chi connectivity index (χ4v) is 2.24. The Labute approximate surface area is 106 Å². The zero-order valence-corrected chi connectivity index (χ0v) is 10.6. The van der Waals surface area contributed by atoms with Crippen LogP contribution in [-0.2, 0) is 0 Å². The van der Waals surface area contributed by atoms with E-state index in [2.05, 4.69) is 12.6 Å². The summed E-state index contributed by atoms with van der Waals surface area (Å²) < 4.78 is 0. The van der Waals surface area contributed by atoms with E-state index >= 15 is 0 Å². The largest absolute Gasteiger partial charge is 0.389 e. The van der Waals surface area contributed by atoms with E-state index in [1.165, 1.54) is 0 Å². The Kier molecular flexibility index (Phi) is 3.72. The van der Waals surface area contributed by atoms with Crippen molar-refractivity contribution in [3.63, 3.8) is 0 Å². The highest BCUT2D eigenvalue weighted by Gasteiger charge is 2.19. The molecule has 2 atom stereocenters. The van der Waals surface area contributed by atoms with Crippen LogP contribution in [0.25, 0.3) is 10.8 Å². The van der Waals surface area contributed by atoms with Gasteiger partial charge in [0, 0.05) is 5.75 Å². The number of aliphatic hydroxyl groups is 2. The molecule has 17 heavy (non-hydrogen) atoms. The van der Waals surface area contributed by atoms with Crippen molar-refractivity contribution in [1.82, 2.24) is 0 Å². The van der Waals surface area contributed by atoms with Crippen LogP contribution in [-0.4, -0.2) is 22.1 Å². The predicted octanol–water partition coefficient (Wildman–Crippen LogP) is 2.47. The van der Waals surface area contributed by atoms with Gasteiger partial charge in [0.15, 0.2) is 0 Å². The lowest BCUT2D eigenvalue weighted by atomic mass is 9.95. The fraction of sp³-hybridized carbons (Fsp3) is 0.286. The van der Waals surface area contributed by atoms with Crippen molar-refractivity contribution in [2.24, 2.45) is 0 Å². The standard InChI is InChI=1S/C14H16O2S/c1-9-6-7-12(14(16)13(15)8-17)11-5-3-2-4-10(9)11/h2-7,13-17H,8H2,1H3. The quantitative estimate of drug-likeness (QED) is 0.730. The van der Waals surface area contributed by atoms with Crippen LogP contribution < -0.4 is 0 Å². The van der Waals surface area contributed by atoms with Gasteiger partial charge in [-0.1, -0.05) is 36.4 Å². The Bertz CT molecular complexity index is 525. The van der Waals surface area contributed by atoms with E-state index in [4.69, 9.17) is 0 Å². The summed E-state index contributed by atoms with van der Waals surface area (Å²) in [7, 11) is 0. The first-order chi connectivity index (χ1) is 8.15.